The van der Waals surface area contributed by atoms with Crippen LogP contribution in [0.2, 0.25) is 0 Å². The van der Waals surface area contributed by atoms with Crippen molar-refractivity contribution in [2.45, 2.75) is 18.4 Å². The number of anilines is 1. The Kier molecular flexibility index (Phi) is 3.68. The number of benzene rings is 1. The number of hydrogen-bond acceptors (Lipinski definition) is 6. The smallest absolute Gasteiger partial charge is 0.215 e. The average molecular weight is 360 g/mol. The summed E-state index contributed by atoms with van der Waals surface area (Å²) >= 11 is 0. The summed E-state index contributed by atoms with van der Waals surface area (Å²) in [6.45, 7) is 1.58. The highest BCUT2D eigenvalue weighted by Crippen LogP contribution is 2.34. The number of rotatable bonds is 3. The van der Waals surface area contributed by atoms with E-state index in [1.807, 2.05) is 42.6 Å². The Hall–Kier alpha value is -3.19. The summed E-state index contributed by atoms with van der Waals surface area (Å²) in [5.74, 6) is 2.30. The Morgan fingerprint density at radius 2 is 1.85 bits per heavy atom. The number of H-pyrrole nitrogens is 1. The topological polar surface area (TPSA) is 96.9 Å². The van der Waals surface area contributed by atoms with Gasteiger partial charge in [0.05, 0.1) is 17.1 Å². The molecular formula is C20H20N6O. The third-order valence-corrected chi connectivity index (χ3v) is 5.28. The van der Waals surface area contributed by atoms with Crippen LogP contribution < -0.4 is 10.6 Å². The SMILES string of the molecule is NC1(c2ncc(-c3ccccc3)o2)CCN(c2ncnc3[nH]ccc23)CC1. The molecule has 27 heavy (non-hydrogen) atoms. The van der Waals surface area contributed by atoms with Crippen molar-refractivity contribution < 1.29 is 4.42 Å². The van der Waals surface area contributed by atoms with E-state index in [-0.39, 0.29) is 0 Å². The number of nitrogens with zero attached hydrogens (tertiary/aromatic N) is 4. The summed E-state index contributed by atoms with van der Waals surface area (Å²) in [5.41, 5.74) is 7.98. The molecule has 0 radical (unpaired) electrons. The Balaban J connectivity index is 1.36. The van der Waals surface area contributed by atoms with E-state index >= 15 is 0 Å². The van der Waals surface area contributed by atoms with Crippen molar-refractivity contribution in [1.82, 2.24) is 19.9 Å². The minimum atomic E-state index is -0.562. The van der Waals surface area contributed by atoms with E-state index in [0.29, 0.717) is 5.89 Å². The molecule has 0 bridgehead atoms. The third kappa shape index (κ3) is 2.76. The summed E-state index contributed by atoms with van der Waals surface area (Å²) in [5, 5.41) is 1.03. The molecule has 1 aromatic carbocycles. The average Bonchev–Trinajstić information content (AvgIpc) is 3.39. The zero-order valence-corrected chi connectivity index (χ0v) is 14.8. The molecule has 5 rings (SSSR count). The van der Waals surface area contributed by atoms with E-state index in [2.05, 4.69) is 24.8 Å². The van der Waals surface area contributed by atoms with Gasteiger partial charge < -0.3 is 20.0 Å². The molecule has 4 heterocycles. The van der Waals surface area contributed by atoms with Gasteiger partial charge in [-0.15, -0.1) is 0 Å². The van der Waals surface area contributed by atoms with Crippen molar-refractivity contribution >= 4 is 16.9 Å². The van der Waals surface area contributed by atoms with E-state index in [1.54, 1.807) is 12.5 Å². The highest BCUT2D eigenvalue weighted by atomic mass is 16.4. The van der Waals surface area contributed by atoms with Crippen molar-refractivity contribution in [2.75, 3.05) is 18.0 Å². The lowest BCUT2D eigenvalue weighted by molar-refractivity contribution is 0.271. The van der Waals surface area contributed by atoms with E-state index < -0.39 is 5.54 Å². The van der Waals surface area contributed by atoms with Gasteiger partial charge in [0.2, 0.25) is 5.89 Å². The largest absolute Gasteiger partial charge is 0.439 e. The normalized spacial score (nSPS) is 16.7. The van der Waals surface area contributed by atoms with Crippen LogP contribution in [0.5, 0.6) is 0 Å². The van der Waals surface area contributed by atoms with Gasteiger partial charge in [-0.1, -0.05) is 30.3 Å². The Bertz CT molecular complexity index is 1060. The number of aromatic nitrogens is 4. The van der Waals surface area contributed by atoms with Gasteiger partial charge in [0, 0.05) is 24.8 Å². The van der Waals surface area contributed by atoms with Crippen LogP contribution in [0.1, 0.15) is 18.7 Å². The van der Waals surface area contributed by atoms with E-state index in [9.17, 15) is 0 Å². The summed E-state index contributed by atoms with van der Waals surface area (Å²) in [4.78, 5) is 18.6. The first-order valence-corrected chi connectivity index (χ1v) is 9.07. The van der Waals surface area contributed by atoms with Gasteiger partial charge in [-0.05, 0) is 18.9 Å². The van der Waals surface area contributed by atoms with Crippen molar-refractivity contribution in [1.29, 1.82) is 0 Å². The maximum absolute atomic E-state index is 6.68. The van der Waals surface area contributed by atoms with Crippen LogP contribution in [-0.4, -0.2) is 33.0 Å². The monoisotopic (exact) mass is 360 g/mol. The maximum Gasteiger partial charge on any atom is 0.215 e. The second-order valence-corrected chi connectivity index (χ2v) is 6.98. The zero-order valence-electron chi connectivity index (χ0n) is 14.8. The first-order chi connectivity index (χ1) is 13.2. The van der Waals surface area contributed by atoms with Gasteiger partial charge >= 0.3 is 0 Å². The molecule has 4 aromatic rings. The molecule has 3 N–H and O–H groups in total. The number of oxazole rings is 1. The lowest BCUT2D eigenvalue weighted by Crippen LogP contribution is -2.48. The number of aromatic amines is 1. The number of nitrogens with one attached hydrogen (secondary N) is 1. The van der Waals surface area contributed by atoms with Crippen LogP contribution in [0.3, 0.4) is 0 Å². The lowest BCUT2D eigenvalue weighted by atomic mass is 9.88. The molecule has 0 atom stereocenters. The van der Waals surface area contributed by atoms with Crippen molar-refractivity contribution in [2.24, 2.45) is 5.73 Å². The predicted octanol–water partition coefficient (Wildman–Crippen LogP) is 3.07. The molecule has 1 fully saturated rings. The fraction of sp³-hybridized carbons (Fsp3) is 0.250. The van der Waals surface area contributed by atoms with Crippen molar-refractivity contribution in [3.8, 4) is 11.3 Å². The molecule has 136 valence electrons. The van der Waals surface area contributed by atoms with Crippen molar-refractivity contribution in [3.05, 3.63) is 61.0 Å². The summed E-state index contributed by atoms with van der Waals surface area (Å²) in [7, 11) is 0. The number of fused-ring (bicyclic) bond motifs is 1. The number of hydrogen-bond donors (Lipinski definition) is 2. The zero-order chi connectivity index (χ0) is 18.3. The Morgan fingerprint density at radius 1 is 1.04 bits per heavy atom. The van der Waals surface area contributed by atoms with E-state index in [4.69, 9.17) is 10.2 Å². The van der Waals surface area contributed by atoms with Gasteiger partial charge in [0.15, 0.2) is 5.76 Å². The van der Waals surface area contributed by atoms with Crippen LogP contribution >= 0.6 is 0 Å². The number of nitrogens with two attached hydrogens (primary N) is 1. The molecular weight excluding hydrogens is 340 g/mol. The molecule has 0 spiro atoms. The van der Waals surface area contributed by atoms with Crippen LogP contribution in [0.25, 0.3) is 22.4 Å². The molecule has 0 saturated carbocycles. The van der Waals surface area contributed by atoms with E-state index in [1.165, 1.54) is 0 Å². The fourth-order valence-corrected chi connectivity index (χ4v) is 3.68. The van der Waals surface area contributed by atoms with Crippen LogP contribution in [0.15, 0.2) is 59.5 Å². The molecule has 3 aromatic heterocycles. The predicted molar refractivity (Wildman–Crippen MR) is 103 cm³/mol. The molecule has 0 aliphatic carbocycles. The molecule has 0 amide bonds. The molecule has 7 heteroatoms. The highest BCUT2D eigenvalue weighted by molar-refractivity contribution is 5.87. The molecule has 1 aliphatic rings. The maximum atomic E-state index is 6.68. The quantitative estimate of drug-likeness (QED) is 0.583. The van der Waals surface area contributed by atoms with Crippen LogP contribution in [0, 0.1) is 0 Å². The number of piperidine rings is 1. The van der Waals surface area contributed by atoms with Crippen LogP contribution in [-0.2, 0) is 5.54 Å². The summed E-state index contributed by atoms with van der Waals surface area (Å²) < 4.78 is 6.03. The van der Waals surface area contributed by atoms with Crippen LogP contribution in [0.4, 0.5) is 5.82 Å². The first-order valence-electron chi connectivity index (χ1n) is 9.07. The first kappa shape index (κ1) is 16.0. The van der Waals surface area contributed by atoms with E-state index in [0.717, 1.165) is 54.1 Å². The highest BCUT2D eigenvalue weighted by Gasteiger charge is 2.37. The second kappa shape index (κ2) is 6.21. The second-order valence-electron chi connectivity index (χ2n) is 6.98. The Morgan fingerprint density at radius 3 is 2.67 bits per heavy atom. The van der Waals surface area contributed by atoms with Gasteiger partial charge in [-0.25, -0.2) is 15.0 Å². The summed E-state index contributed by atoms with van der Waals surface area (Å²) in [6, 6.07) is 12.0. The van der Waals surface area contributed by atoms with Gasteiger partial charge in [-0.3, -0.25) is 0 Å². The van der Waals surface area contributed by atoms with Crippen molar-refractivity contribution in [3.63, 3.8) is 0 Å². The lowest BCUT2D eigenvalue weighted by Gasteiger charge is -2.37. The standard InChI is InChI=1S/C20H20N6O/c21-20(19-23-12-16(27-19)14-4-2-1-3-5-14)7-10-26(11-8-20)18-15-6-9-22-17(15)24-13-25-18/h1-6,9,12-13H,7-8,10-11,21H2,(H,22,24,25). The molecule has 1 saturated heterocycles. The minimum Gasteiger partial charge on any atom is -0.439 e. The fourth-order valence-electron chi connectivity index (χ4n) is 3.68. The van der Waals surface area contributed by atoms with Gasteiger partial charge in [0.1, 0.15) is 17.8 Å². The minimum absolute atomic E-state index is 0.562. The molecule has 0 unspecified atom stereocenters. The third-order valence-electron chi connectivity index (χ3n) is 5.28. The van der Waals surface area contributed by atoms with Gasteiger partial charge in [-0.2, -0.15) is 0 Å². The Labute approximate surface area is 156 Å². The summed E-state index contributed by atoms with van der Waals surface area (Å²) in [6.07, 6.45) is 6.74. The van der Waals surface area contributed by atoms with Gasteiger partial charge in [0.25, 0.3) is 0 Å². The molecule has 7 nitrogen and oxygen atoms in total. The molecule has 1 aliphatic heterocycles.